The largest absolute Gasteiger partial charge is 0.444 e. The van der Waals surface area contributed by atoms with Crippen LogP contribution in [0.3, 0.4) is 0 Å². The molecule has 0 atom stereocenters. The fourth-order valence-corrected chi connectivity index (χ4v) is 2.30. The lowest BCUT2D eigenvalue weighted by molar-refractivity contribution is 0.0240. The van der Waals surface area contributed by atoms with Crippen LogP contribution in [0.4, 0.5) is 16.4 Å². The molecule has 1 fully saturated rings. The van der Waals surface area contributed by atoms with Crippen LogP contribution in [-0.4, -0.2) is 52.7 Å². The Kier molecular flexibility index (Phi) is 4.55. The second kappa shape index (κ2) is 6.05. The van der Waals surface area contributed by atoms with E-state index in [-0.39, 0.29) is 6.09 Å². The molecule has 2 heterocycles. The van der Waals surface area contributed by atoms with E-state index in [4.69, 9.17) is 10.5 Å². The average molecular weight is 358 g/mol. The molecule has 1 amide bonds. The van der Waals surface area contributed by atoms with Crippen molar-refractivity contribution in [1.29, 1.82) is 0 Å². The lowest BCUT2D eigenvalue weighted by atomic mass is 10.2. The first-order valence-electron chi connectivity index (χ1n) is 6.77. The average Bonchev–Trinajstić information content (AvgIpc) is 2.40. The van der Waals surface area contributed by atoms with Crippen molar-refractivity contribution < 1.29 is 9.53 Å². The molecule has 0 aromatic carbocycles. The van der Waals surface area contributed by atoms with Gasteiger partial charge >= 0.3 is 6.09 Å². The molecule has 0 aliphatic carbocycles. The number of aromatic nitrogens is 2. The van der Waals surface area contributed by atoms with E-state index in [0.717, 1.165) is 0 Å². The van der Waals surface area contributed by atoms with Crippen molar-refractivity contribution in [2.75, 3.05) is 36.8 Å². The molecule has 1 aliphatic rings. The minimum atomic E-state index is -0.478. The first-order valence-corrected chi connectivity index (χ1v) is 7.56. The van der Waals surface area contributed by atoms with Gasteiger partial charge in [0.15, 0.2) is 11.6 Å². The summed E-state index contributed by atoms with van der Waals surface area (Å²) >= 11 is 3.29. The van der Waals surface area contributed by atoms with E-state index in [1.165, 1.54) is 0 Å². The van der Waals surface area contributed by atoms with Gasteiger partial charge in [-0.1, -0.05) is 0 Å². The summed E-state index contributed by atoms with van der Waals surface area (Å²) in [6, 6.07) is 0. The number of piperazine rings is 1. The normalized spacial score (nSPS) is 16.0. The zero-order valence-corrected chi connectivity index (χ0v) is 14.1. The van der Waals surface area contributed by atoms with Crippen molar-refractivity contribution in [3.63, 3.8) is 0 Å². The molecule has 1 aromatic rings. The molecule has 0 spiro atoms. The van der Waals surface area contributed by atoms with Gasteiger partial charge in [-0.3, -0.25) is 0 Å². The minimum Gasteiger partial charge on any atom is -0.444 e. The maximum absolute atomic E-state index is 12.0. The fraction of sp³-hybridized carbons (Fsp3) is 0.615. The summed E-state index contributed by atoms with van der Waals surface area (Å²) in [5.74, 6) is 1.04. The van der Waals surface area contributed by atoms with Gasteiger partial charge < -0.3 is 20.3 Å². The zero-order chi connectivity index (χ0) is 15.6. The van der Waals surface area contributed by atoms with E-state index in [1.54, 1.807) is 11.1 Å². The van der Waals surface area contributed by atoms with Gasteiger partial charge in [-0.05, 0) is 36.7 Å². The van der Waals surface area contributed by atoms with Crippen LogP contribution in [0, 0.1) is 0 Å². The molecular weight excluding hydrogens is 338 g/mol. The molecule has 116 valence electrons. The molecule has 21 heavy (non-hydrogen) atoms. The van der Waals surface area contributed by atoms with Gasteiger partial charge in [-0.15, -0.1) is 0 Å². The predicted molar refractivity (Wildman–Crippen MR) is 84.2 cm³/mol. The molecule has 0 radical (unpaired) electrons. The highest BCUT2D eigenvalue weighted by molar-refractivity contribution is 9.10. The SMILES string of the molecule is CC(C)(C)OC(=O)N1CCN(c2nc(Br)cnc2N)CC1. The van der Waals surface area contributed by atoms with Crippen LogP contribution in [0.15, 0.2) is 10.8 Å². The highest BCUT2D eigenvalue weighted by Gasteiger charge is 2.27. The Bertz CT molecular complexity index is 524. The van der Waals surface area contributed by atoms with Crippen LogP contribution in [0.2, 0.25) is 0 Å². The van der Waals surface area contributed by atoms with Gasteiger partial charge in [-0.2, -0.15) is 0 Å². The van der Waals surface area contributed by atoms with E-state index < -0.39 is 5.60 Å². The van der Waals surface area contributed by atoms with Crippen molar-refractivity contribution in [2.24, 2.45) is 0 Å². The lowest BCUT2D eigenvalue weighted by Crippen LogP contribution is -2.50. The van der Waals surface area contributed by atoms with Crippen molar-refractivity contribution in [1.82, 2.24) is 14.9 Å². The summed E-state index contributed by atoms with van der Waals surface area (Å²) in [5.41, 5.74) is 5.38. The molecule has 8 heteroatoms. The number of rotatable bonds is 1. The standard InChI is InChI=1S/C13H20BrN5O2/c1-13(2,3)21-12(20)19-6-4-18(5-7-19)11-10(15)16-8-9(14)17-11/h8H,4-7H2,1-3H3,(H2,15,16). The van der Waals surface area contributed by atoms with Gasteiger partial charge in [0.2, 0.25) is 0 Å². The quantitative estimate of drug-likeness (QED) is 0.825. The third kappa shape index (κ3) is 4.20. The maximum atomic E-state index is 12.0. The number of nitrogen functional groups attached to an aromatic ring is 1. The van der Waals surface area contributed by atoms with Gasteiger partial charge in [0.05, 0.1) is 6.20 Å². The molecule has 0 unspecified atom stereocenters. The number of carbonyl (C=O) groups excluding carboxylic acids is 1. The Morgan fingerprint density at radius 3 is 2.52 bits per heavy atom. The van der Waals surface area contributed by atoms with Crippen molar-refractivity contribution in [2.45, 2.75) is 26.4 Å². The topological polar surface area (TPSA) is 84.6 Å². The number of hydrogen-bond acceptors (Lipinski definition) is 6. The molecule has 1 aliphatic heterocycles. The Balaban J connectivity index is 1.97. The van der Waals surface area contributed by atoms with E-state index in [9.17, 15) is 4.79 Å². The maximum Gasteiger partial charge on any atom is 0.410 e. The Labute approximate surface area is 132 Å². The van der Waals surface area contributed by atoms with Crippen LogP contribution < -0.4 is 10.6 Å². The number of halogens is 1. The number of anilines is 2. The van der Waals surface area contributed by atoms with E-state index >= 15 is 0 Å². The highest BCUT2D eigenvalue weighted by atomic mass is 79.9. The summed E-state index contributed by atoms with van der Waals surface area (Å²) in [6.45, 7) is 8.02. The second-order valence-electron chi connectivity index (χ2n) is 5.86. The second-order valence-corrected chi connectivity index (χ2v) is 6.67. The summed E-state index contributed by atoms with van der Waals surface area (Å²) in [4.78, 5) is 24.1. The monoisotopic (exact) mass is 357 g/mol. The third-order valence-electron chi connectivity index (χ3n) is 2.98. The third-order valence-corrected chi connectivity index (χ3v) is 3.36. The van der Waals surface area contributed by atoms with Crippen LogP contribution >= 0.6 is 15.9 Å². The molecule has 2 rings (SSSR count). The highest BCUT2D eigenvalue weighted by Crippen LogP contribution is 2.22. The number of ether oxygens (including phenoxy) is 1. The summed E-state index contributed by atoms with van der Waals surface area (Å²) < 4.78 is 6.01. The van der Waals surface area contributed by atoms with E-state index in [2.05, 4.69) is 25.9 Å². The smallest absolute Gasteiger partial charge is 0.410 e. The number of hydrogen-bond donors (Lipinski definition) is 1. The van der Waals surface area contributed by atoms with E-state index in [1.807, 2.05) is 25.7 Å². The van der Waals surface area contributed by atoms with Gasteiger partial charge in [0.1, 0.15) is 10.2 Å². The van der Waals surface area contributed by atoms with Crippen LogP contribution in [0.25, 0.3) is 0 Å². The summed E-state index contributed by atoms with van der Waals surface area (Å²) in [5, 5.41) is 0. The molecular formula is C13H20BrN5O2. The number of nitrogens with two attached hydrogens (primary N) is 1. The molecule has 2 N–H and O–H groups in total. The number of amides is 1. The Morgan fingerprint density at radius 1 is 1.33 bits per heavy atom. The Hall–Kier alpha value is -1.57. The number of nitrogens with zero attached hydrogens (tertiary/aromatic N) is 4. The summed E-state index contributed by atoms with van der Waals surface area (Å²) in [7, 11) is 0. The fourth-order valence-electron chi connectivity index (χ4n) is 2.03. The van der Waals surface area contributed by atoms with Crippen LogP contribution in [0.1, 0.15) is 20.8 Å². The molecule has 1 saturated heterocycles. The Morgan fingerprint density at radius 2 is 1.95 bits per heavy atom. The molecule has 7 nitrogen and oxygen atoms in total. The summed E-state index contributed by atoms with van der Waals surface area (Å²) in [6.07, 6.45) is 1.28. The van der Waals surface area contributed by atoms with Crippen LogP contribution in [-0.2, 0) is 4.74 Å². The lowest BCUT2D eigenvalue weighted by Gasteiger charge is -2.36. The van der Waals surface area contributed by atoms with Gasteiger partial charge in [0, 0.05) is 26.2 Å². The first kappa shape index (κ1) is 15.8. The van der Waals surface area contributed by atoms with Crippen molar-refractivity contribution >= 4 is 33.7 Å². The first-order chi connectivity index (χ1) is 9.76. The van der Waals surface area contributed by atoms with Crippen molar-refractivity contribution in [3.8, 4) is 0 Å². The predicted octanol–water partition coefficient (Wildman–Crippen LogP) is 1.88. The van der Waals surface area contributed by atoms with E-state index in [0.29, 0.717) is 42.4 Å². The molecule has 0 saturated carbocycles. The van der Waals surface area contributed by atoms with Crippen LogP contribution in [0.5, 0.6) is 0 Å². The number of carbonyl (C=O) groups is 1. The van der Waals surface area contributed by atoms with Crippen molar-refractivity contribution in [3.05, 3.63) is 10.8 Å². The van der Waals surface area contributed by atoms with Gasteiger partial charge in [-0.25, -0.2) is 14.8 Å². The minimum absolute atomic E-state index is 0.282. The molecule has 0 bridgehead atoms. The van der Waals surface area contributed by atoms with Gasteiger partial charge in [0.25, 0.3) is 0 Å². The zero-order valence-electron chi connectivity index (χ0n) is 12.5. The molecule has 1 aromatic heterocycles.